The third-order valence-electron chi connectivity index (χ3n) is 3.40. The Morgan fingerprint density at radius 3 is 2.62 bits per heavy atom. The molecule has 0 spiro atoms. The predicted molar refractivity (Wildman–Crippen MR) is 68.3 cm³/mol. The van der Waals surface area contributed by atoms with Crippen molar-refractivity contribution < 1.29 is 0 Å². The van der Waals surface area contributed by atoms with Gasteiger partial charge in [-0.1, -0.05) is 37.3 Å². The second-order valence-electron chi connectivity index (χ2n) is 5.39. The number of hydrogen-bond donors (Lipinski definition) is 2. The van der Waals surface area contributed by atoms with E-state index in [1.54, 1.807) is 0 Å². The SMILES string of the molecule is CC1(CNCC(N)Cc2ccccc2)CC1. The first-order chi connectivity index (χ1) is 7.68. The number of benzene rings is 1. The molecule has 1 unspecified atom stereocenters. The lowest BCUT2D eigenvalue weighted by atomic mass is 10.1. The lowest BCUT2D eigenvalue weighted by Crippen LogP contribution is -2.37. The largest absolute Gasteiger partial charge is 0.326 e. The van der Waals surface area contributed by atoms with Gasteiger partial charge < -0.3 is 11.1 Å². The second-order valence-corrected chi connectivity index (χ2v) is 5.39. The predicted octanol–water partition coefficient (Wildman–Crippen LogP) is 1.95. The maximum Gasteiger partial charge on any atom is 0.0206 e. The van der Waals surface area contributed by atoms with E-state index >= 15 is 0 Å². The zero-order valence-electron chi connectivity index (χ0n) is 10.1. The molecule has 1 fully saturated rings. The van der Waals surface area contributed by atoms with Crippen LogP contribution in [0.3, 0.4) is 0 Å². The minimum absolute atomic E-state index is 0.227. The highest BCUT2D eigenvalue weighted by molar-refractivity contribution is 5.15. The van der Waals surface area contributed by atoms with Crippen LogP contribution in [0.25, 0.3) is 0 Å². The number of hydrogen-bond acceptors (Lipinski definition) is 2. The fourth-order valence-corrected chi connectivity index (χ4v) is 1.94. The van der Waals surface area contributed by atoms with Crippen LogP contribution in [0.2, 0.25) is 0 Å². The van der Waals surface area contributed by atoms with Crippen LogP contribution < -0.4 is 11.1 Å². The molecule has 1 aromatic rings. The van der Waals surface area contributed by atoms with Crippen molar-refractivity contribution in [2.24, 2.45) is 11.1 Å². The van der Waals surface area contributed by atoms with Gasteiger partial charge in [0, 0.05) is 19.1 Å². The zero-order chi connectivity index (χ0) is 11.4. The molecule has 1 aliphatic rings. The highest BCUT2D eigenvalue weighted by Gasteiger charge is 2.36. The summed E-state index contributed by atoms with van der Waals surface area (Å²) >= 11 is 0. The van der Waals surface area contributed by atoms with E-state index in [1.807, 2.05) is 6.07 Å². The molecule has 0 radical (unpaired) electrons. The summed E-state index contributed by atoms with van der Waals surface area (Å²) in [5, 5.41) is 3.48. The van der Waals surface area contributed by atoms with Crippen molar-refractivity contribution in [2.75, 3.05) is 13.1 Å². The Morgan fingerprint density at radius 2 is 2.00 bits per heavy atom. The summed E-state index contributed by atoms with van der Waals surface area (Å²) < 4.78 is 0. The minimum atomic E-state index is 0.227. The normalized spacial score (nSPS) is 19.4. The first-order valence-corrected chi connectivity index (χ1v) is 6.18. The van der Waals surface area contributed by atoms with E-state index in [2.05, 4.69) is 36.5 Å². The first kappa shape index (κ1) is 11.6. The molecule has 1 atom stereocenters. The van der Waals surface area contributed by atoms with Gasteiger partial charge in [-0.2, -0.15) is 0 Å². The van der Waals surface area contributed by atoms with E-state index in [4.69, 9.17) is 5.73 Å². The summed E-state index contributed by atoms with van der Waals surface area (Å²) in [5.74, 6) is 0. The molecular weight excluding hydrogens is 196 g/mol. The molecule has 0 saturated heterocycles. The molecule has 0 bridgehead atoms. The summed E-state index contributed by atoms with van der Waals surface area (Å²) in [7, 11) is 0. The van der Waals surface area contributed by atoms with Gasteiger partial charge in [-0.05, 0) is 30.2 Å². The maximum absolute atomic E-state index is 6.09. The van der Waals surface area contributed by atoms with Gasteiger partial charge in [-0.15, -0.1) is 0 Å². The fraction of sp³-hybridized carbons (Fsp3) is 0.571. The molecule has 1 aromatic carbocycles. The van der Waals surface area contributed by atoms with E-state index in [1.165, 1.54) is 18.4 Å². The van der Waals surface area contributed by atoms with Gasteiger partial charge in [0.15, 0.2) is 0 Å². The molecular formula is C14H22N2. The maximum atomic E-state index is 6.09. The number of rotatable bonds is 6. The molecule has 0 aliphatic heterocycles. The Labute approximate surface area is 98.2 Å². The average Bonchev–Trinajstić information content (AvgIpc) is 2.98. The monoisotopic (exact) mass is 218 g/mol. The Morgan fingerprint density at radius 1 is 1.31 bits per heavy atom. The number of nitrogens with one attached hydrogen (secondary N) is 1. The van der Waals surface area contributed by atoms with E-state index < -0.39 is 0 Å². The molecule has 3 N–H and O–H groups in total. The molecule has 88 valence electrons. The molecule has 0 amide bonds. The lowest BCUT2D eigenvalue weighted by Gasteiger charge is -2.15. The third-order valence-corrected chi connectivity index (χ3v) is 3.40. The van der Waals surface area contributed by atoms with Crippen LogP contribution in [0.15, 0.2) is 30.3 Å². The molecule has 2 heteroatoms. The van der Waals surface area contributed by atoms with Crippen molar-refractivity contribution in [1.82, 2.24) is 5.32 Å². The van der Waals surface area contributed by atoms with Crippen LogP contribution in [0.4, 0.5) is 0 Å². The standard InChI is InChI=1S/C14H22N2/c1-14(7-8-14)11-16-10-13(15)9-12-5-3-2-4-6-12/h2-6,13,16H,7-11,15H2,1H3. The Balaban J connectivity index is 1.66. The molecule has 0 aromatic heterocycles. The van der Waals surface area contributed by atoms with Crippen molar-refractivity contribution in [3.8, 4) is 0 Å². The highest BCUT2D eigenvalue weighted by Crippen LogP contribution is 2.43. The van der Waals surface area contributed by atoms with Crippen LogP contribution in [-0.2, 0) is 6.42 Å². The van der Waals surface area contributed by atoms with Crippen molar-refractivity contribution in [3.05, 3.63) is 35.9 Å². The van der Waals surface area contributed by atoms with E-state index in [-0.39, 0.29) is 6.04 Å². The summed E-state index contributed by atoms with van der Waals surface area (Å²) in [6.45, 7) is 4.38. The molecule has 2 nitrogen and oxygen atoms in total. The van der Waals surface area contributed by atoms with Gasteiger partial charge >= 0.3 is 0 Å². The van der Waals surface area contributed by atoms with Crippen LogP contribution >= 0.6 is 0 Å². The first-order valence-electron chi connectivity index (χ1n) is 6.18. The quantitative estimate of drug-likeness (QED) is 0.766. The number of nitrogens with two attached hydrogens (primary N) is 1. The van der Waals surface area contributed by atoms with Crippen LogP contribution in [-0.4, -0.2) is 19.1 Å². The van der Waals surface area contributed by atoms with E-state index in [0.717, 1.165) is 19.5 Å². The smallest absolute Gasteiger partial charge is 0.0206 e. The molecule has 16 heavy (non-hydrogen) atoms. The van der Waals surface area contributed by atoms with Gasteiger partial charge in [-0.25, -0.2) is 0 Å². The Kier molecular flexibility index (Phi) is 3.62. The second kappa shape index (κ2) is 4.98. The summed E-state index contributed by atoms with van der Waals surface area (Å²) in [6, 6.07) is 10.7. The Bertz CT molecular complexity index is 317. The van der Waals surface area contributed by atoms with Crippen LogP contribution in [0.1, 0.15) is 25.3 Å². The lowest BCUT2D eigenvalue weighted by molar-refractivity contribution is 0.475. The summed E-state index contributed by atoms with van der Waals surface area (Å²) in [6.07, 6.45) is 3.70. The van der Waals surface area contributed by atoms with E-state index in [0.29, 0.717) is 5.41 Å². The van der Waals surface area contributed by atoms with Crippen molar-refractivity contribution in [3.63, 3.8) is 0 Å². The third kappa shape index (κ3) is 3.62. The van der Waals surface area contributed by atoms with Gasteiger partial charge in [0.2, 0.25) is 0 Å². The van der Waals surface area contributed by atoms with Crippen LogP contribution in [0.5, 0.6) is 0 Å². The highest BCUT2D eigenvalue weighted by atomic mass is 14.9. The van der Waals surface area contributed by atoms with Gasteiger partial charge in [0.25, 0.3) is 0 Å². The van der Waals surface area contributed by atoms with Crippen LogP contribution in [0, 0.1) is 5.41 Å². The van der Waals surface area contributed by atoms with Crippen molar-refractivity contribution in [1.29, 1.82) is 0 Å². The average molecular weight is 218 g/mol. The Hall–Kier alpha value is -0.860. The fourth-order valence-electron chi connectivity index (χ4n) is 1.94. The summed E-state index contributed by atoms with van der Waals surface area (Å²) in [4.78, 5) is 0. The van der Waals surface area contributed by atoms with Crippen molar-refractivity contribution in [2.45, 2.75) is 32.2 Å². The zero-order valence-corrected chi connectivity index (χ0v) is 10.1. The van der Waals surface area contributed by atoms with Gasteiger partial charge in [0.05, 0.1) is 0 Å². The van der Waals surface area contributed by atoms with Crippen molar-refractivity contribution >= 4 is 0 Å². The molecule has 0 heterocycles. The van der Waals surface area contributed by atoms with Gasteiger partial charge in [0.1, 0.15) is 0 Å². The summed E-state index contributed by atoms with van der Waals surface area (Å²) in [5.41, 5.74) is 8.00. The molecule has 1 saturated carbocycles. The minimum Gasteiger partial charge on any atom is -0.326 e. The molecule has 2 rings (SSSR count). The van der Waals surface area contributed by atoms with Gasteiger partial charge in [-0.3, -0.25) is 0 Å². The van der Waals surface area contributed by atoms with E-state index in [9.17, 15) is 0 Å². The topological polar surface area (TPSA) is 38.0 Å². The molecule has 1 aliphatic carbocycles.